The summed E-state index contributed by atoms with van der Waals surface area (Å²) in [4.78, 5) is 13.1. The van der Waals surface area contributed by atoms with Crippen molar-refractivity contribution >= 4 is 10.0 Å². The van der Waals surface area contributed by atoms with E-state index in [2.05, 4.69) is 4.98 Å². The molecule has 21 heavy (non-hydrogen) atoms. The molecule has 0 amide bonds. The maximum absolute atomic E-state index is 13.5. The highest BCUT2D eigenvalue weighted by atomic mass is 32.2. The molecule has 0 spiro atoms. The lowest BCUT2D eigenvalue weighted by molar-refractivity contribution is 0.454. The Balaban J connectivity index is 2.28. The van der Waals surface area contributed by atoms with Gasteiger partial charge in [-0.3, -0.25) is 4.79 Å². The molecule has 1 aromatic carbocycles. The van der Waals surface area contributed by atoms with Gasteiger partial charge in [0.2, 0.25) is 15.6 Å². The second-order valence-corrected chi connectivity index (χ2v) is 6.43. The standard InChI is InChI=1S/C13H12F2N2O3S/c1-17(8-9-2-3-10(14)6-12(9)15)21(19,20)11-4-5-13(18)16-7-11/h2-7H,8H2,1H3,(H,16,18). The average molecular weight is 314 g/mol. The van der Waals surface area contributed by atoms with Gasteiger partial charge < -0.3 is 4.98 Å². The van der Waals surface area contributed by atoms with Gasteiger partial charge in [-0.05, 0) is 12.1 Å². The molecule has 0 bridgehead atoms. The summed E-state index contributed by atoms with van der Waals surface area (Å²) in [6.45, 7) is -0.256. The summed E-state index contributed by atoms with van der Waals surface area (Å²) in [6.07, 6.45) is 1.06. The maximum atomic E-state index is 13.5. The normalized spacial score (nSPS) is 11.8. The minimum Gasteiger partial charge on any atom is -0.328 e. The largest absolute Gasteiger partial charge is 0.328 e. The molecule has 0 aliphatic rings. The van der Waals surface area contributed by atoms with Crippen molar-refractivity contribution < 1.29 is 17.2 Å². The van der Waals surface area contributed by atoms with Crippen LogP contribution in [-0.4, -0.2) is 24.8 Å². The van der Waals surface area contributed by atoms with E-state index < -0.39 is 27.2 Å². The first kappa shape index (κ1) is 15.3. The fourth-order valence-electron chi connectivity index (χ4n) is 1.71. The predicted octanol–water partition coefficient (Wildman–Crippen LogP) is 1.47. The second-order valence-electron chi connectivity index (χ2n) is 4.39. The van der Waals surface area contributed by atoms with E-state index in [0.717, 1.165) is 28.7 Å². The number of H-pyrrole nitrogens is 1. The van der Waals surface area contributed by atoms with Gasteiger partial charge in [0.15, 0.2) is 0 Å². The number of rotatable bonds is 4. The zero-order chi connectivity index (χ0) is 15.6. The van der Waals surface area contributed by atoms with Crippen molar-refractivity contribution in [1.29, 1.82) is 0 Å². The molecule has 2 aromatic rings. The molecule has 8 heteroatoms. The van der Waals surface area contributed by atoms with Crippen molar-refractivity contribution in [3.05, 3.63) is 64.1 Å². The lowest BCUT2D eigenvalue weighted by Gasteiger charge is -2.17. The van der Waals surface area contributed by atoms with E-state index in [9.17, 15) is 22.0 Å². The van der Waals surface area contributed by atoms with Gasteiger partial charge in [0.25, 0.3) is 0 Å². The Kier molecular flexibility index (Phi) is 4.19. The van der Waals surface area contributed by atoms with Crippen molar-refractivity contribution in [2.45, 2.75) is 11.4 Å². The molecule has 5 nitrogen and oxygen atoms in total. The van der Waals surface area contributed by atoms with Crippen LogP contribution >= 0.6 is 0 Å². The molecule has 0 atom stereocenters. The summed E-state index contributed by atoms with van der Waals surface area (Å²) in [6, 6.07) is 5.17. The predicted molar refractivity (Wildman–Crippen MR) is 72.1 cm³/mol. The fraction of sp³-hybridized carbons (Fsp3) is 0.154. The number of benzene rings is 1. The number of nitrogens with zero attached hydrogens (tertiary/aromatic N) is 1. The van der Waals surface area contributed by atoms with Gasteiger partial charge in [-0.1, -0.05) is 6.07 Å². The van der Waals surface area contributed by atoms with Gasteiger partial charge in [-0.15, -0.1) is 0 Å². The van der Waals surface area contributed by atoms with Crippen molar-refractivity contribution in [2.24, 2.45) is 0 Å². The van der Waals surface area contributed by atoms with Gasteiger partial charge in [-0.25, -0.2) is 17.2 Å². The Morgan fingerprint density at radius 2 is 1.90 bits per heavy atom. The fourth-order valence-corrected chi connectivity index (χ4v) is 2.83. The van der Waals surface area contributed by atoms with Crippen molar-refractivity contribution in [3.63, 3.8) is 0 Å². The highest BCUT2D eigenvalue weighted by molar-refractivity contribution is 7.89. The van der Waals surface area contributed by atoms with Crippen LogP contribution in [0.4, 0.5) is 8.78 Å². The molecule has 0 aliphatic heterocycles. The van der Waals surface area contributed by atoms with Gasteiger partial charge in [-0.2, -0.15) is 4.31 Å². The molecule has 0 saturated heterocycles. The first-order valence-electron chi connectivity index (χ1n) is 5.90. The minimum atomic E-state index is -3.88. The van der Waals surface area contributed by atoms with Gasteiger partial charge >= 0.3 is 0 Å². The maximum Gasteiger partial charge on any atom is 0.247 e. The van der Waals surface area contributed by atoms with Crippen LogP contribution in [0, 0.1) is 11.6 Å². The molecule has 0 unspecified atom stereocenters. The Labute approximate surface area is 119 Å². The zero-order valence-corrected chi connectivity index (χ0v) is 11.8. The SMILES string of the molecule is CN(Cc1ccc(F)cc1F)S(=O)(=O)c1ccc(=O)[nH]c1. The van der Waals surface area contributed by atoms with E-state index in [-0.39, 0.29) is 17.0 Å². The molecule has 0 radical (unpaired) electrons. The first-order valence-corrected chi connectivity index (χ1v) is 7.34. The summed E-state index contributed by atoms with van der Waals surface area (Å²) in [5.74, 6) is -1.55. The summed E-state index contributed by atoms with van der Waals surface area (Å²) in [5, 5.41) is 0. The zero-order valence-electron chi connectivity index (χ0n) is 11.0. The van der Waals surface area contributed by atoms with Crippen LogP contribution < -0.4 is 5.56 Å². The quantitative estimate of drug-likeness (QED) is 0.929. The van der Waals surface area contributed by atoms with Crippen molar-refractivity contribution in [2.75, 3.05) is 7.05 Å². The minimum absolute atomic E-state index is 0.0481. The van der Waals surface area contributed by atoms with Crippen LogP contribution in [0.15, 0.2) is 46.2 Å². The van der Waals surface area contributed by atoms with Crippen LogP contribution in [0.2, 0.25) is 0 Å². The van der Waals surface area contributed by atoms with Crippen LogP contribution in [0.25, 0.3) is 0 Å². The lowest BCUT2D eigenvalue weighted by Crippen LogP contribution is -2.27. The number of sulfonamides is 1. The summed E-state index contributed by atoms with van der Waals surface area (Å²) >= 11 is 0. The van der Waals surface area contributed by atoms with Gasteiger partial charge in [0.05, 0.1) is 4.90 Å². The first-order chi connectivity index (χ1) is 9.80. The number of aromatic amines is 1. The Bertz CT molecular complexity index is 798. The second kappa shape index (κ2) is 5.74. The topological polar surface area (TPSA) is 70.2 Å². The van der Waals surface area contributed by atoms with Crippen molar-refractivity contribution in [1.82, 2.24) is 9.29 Å². The van der Waals surface area contributed by atoms with Crippen LogP contribution in [-0.2, 0) is 16.6 Å². The molecule has 0 aliphatic carbocycles. The van der Waals surface area contributed by atoms with E-state index in [1.165, 1.54) is 13.1 Å². The number of nitrogens with one attached hydrogen (secondary N) is 1. The van der Waals surface area contributed by atoms with E-state index in [0.29, 0.717) is 6.07 Å². The number of hydrogen-bond acceptors (Lipinski definition) is 3. The number of aromatic nitrogens is 1. The van der Waals surface area contributed by atoms with Gasteiger partial charge in [0.1, 0.15) is 11.6 Å². The van der Waals surface area contributed by atoms with Crippen LogP contribution in [0.3, 0.4) is 0 Å². The third kappa shape index (κ3) is 3.34. The molecular formula is C13H12F2N2O3S. The Hall–Kier alpha value is -2.06. The van der Waals surface area contributed by atoms with Crippen LogP contribution in [0.5, 0.6) is 0 Å². The highest BCUT2D eigenvalue weighted by Gasteiger charge is 2.22. The molecule has 0 fully saturated rings. The highest BCUT2D eigenvalue weighted by Crippen LogP contribution is 2.17. The smallest absolute Gasteiger partial charge is 0.247 e. The molecule has 1 heterocycles. The molecule has 112 valence electrons. The van der Waals surface area contributed by atoms with Crippen molar-refractivity contribution in [3.8, 4) is 0 Å². The van der Waals surface area contributed by atoms with E-state index in [4.69, 9.17) is 0 Å². The third-order valence-electron chi connectivity index (χ3n) is 2.87. The van der Waals surface area contributed by atoms with Gasteiger partial charge in [0, 0.05) is 37.5 Å². The van der Waals surface area contributed by atoms with E-state index in [1.54, 1.807) is 0 Å². The third-order valence-corrected chi connectivity index (χ3v) is 4.67. The summed E-state index contributed by atoms with van der Waals surface area (Å²) in [7, 11) is -2.61. The summed E-state index contributed by atoms with van der Waals surface area (Å²) in [5.41, 5.74) is -0.381. The molecule has 1 N–H and O–H groups in total. The van der Waals surface area contributed by atoms with E-state index in [1.807, 2.05) is 0 Å². The number of hydrogen-bond donors (Lipinski definition) is 1. The molecular weight excluding hydrogens is 302 g/mol. The number of halogens is 2. The average Bonchev–Trinajstić information content (AvgIpc) is 2.42. The Morgan fingerprint density at radius 1 is 1.19 bits per heavy atom. The molecule has 0 saturated carbocycles. The summed E-state index contributed by atoms with van der Waals surface area (Å²) < 4.78 is 51.7. The Morgan fingerprint density at radius 3 is 2.48 bits per heavy atom. The van der Waals surface area contributed by atoms with E-state index >= 15 is 0 Å². The number of pyridine rings is 1. The monoisotopic (exact) mass is 314 g/mol. The molecule has 2 rings (SSSR count). The lowest BCUT2D eigenvalue weighted by atomic mass is 10.2. The van der Waals surface area contributed by atoms with Crippen LogP contribution in [0.1, 0.15) is 5.56 Å². The molecule has 1 aromatic heterocycles.